The molecule has 0 saturated heterocycles. The predicted octanol–water partition coefficient (Wildman–Crippen LogP) is 4.19. The van der Waals surface area contributed by atoms with E-state index in [0.717, 1.165) is 19.3 Å². The summed E-state index contributed by atoms with van der Waals surface area (Å²) in [5.74, 6) is 0.221. The second-order valence-electron chi connectivity index (χ2n) is 7.13. The largest absolute Gasteiger partial charge is 0.493 e. The Hall–Kier alpha value is -2.08. The first-order valence-electron chi connectivity index (χ1n) is 9.76. The monoisotopic (exact) mass is 377 g/mol. The third-order valence-electron chi connectivity index (χ3n) is 4.89. The number of benzene rings is 1. The summed E-state index contributed by atoms with van der Waals surface area (Å²) in [6.07, 6.45) is 4.36. The zero-order valence-electron chi connectivity index (χ0n) is 16.8. The van der Waals surface area contributed by atoms with Gasteiger partial charge >= 0.3 is 5.97 Å². The zero-order chi connectivity index (χ0) is 19.9. The summed E-state index contributed by atoms with van der Waals surface area (Å²) in [5, 5.41) is 2.94. The highest BCUT2D eigenvalue weighted by Gasteiger charge is 2.42. The number of nitrogens with one attached hydrogen (secondary N) is 1. The van der Waals surface area contributed by atoms with Crippen molar-refractivity contribution >= 4 is 17.6 Å². The maximum atomic E-state index is 13.1. The number of rotatable bonds is 8. The number of esters is 1. The van der Waals surface area contributed by atoms with E-state index in [9.17, 15) is 9.59 Å². The molecule has 1 N–H and O–H groups in total. The van der Waals surface area contributed by atoms with Crippen LogP contribution in [0.25, 0.3) is 0 Å². The summed E-state index contributed by atoms with van der Waals surface area (Å²) in [5.41, 5.74) is 0.0109. The molecule has 0 spiro atoms. The molecule has 1 aliphatic carbocycles. The summed E-state index contributed by atoms with van der Waals surface area (Å²) in [4.78, 5) is 25.2. The van der Waals surface area contributed by atoms with E-state index in [1.807, 2.05) is 13.8 Å². The highest BCUT2D eigenvalue weighted by molar-refractivity contribution is 5.99. The topological polar surface area (TPSA) is 73.9 Å². The number of ether oxygens (including phenoxy) is 3. The van der Waals surface area contributed by atoms with Crippen LogP contribution in [0.3, 0.4) is 0 Å². The molecule has 6 nitrogen and oxygen atoms in total. The van der Waals surface area contributed by atoms with Crippen LogP contribution in [0.15, 0.2) is 18.2 Å². The Morgan fingerprint density at radius 3 is 2.70 bits per heavy atom. The van der Waals surface area contributed by atoms with Crippen molar-refractivity contribution < 1.29 is 23.8 Å². The van der Waals surface area contributed by atoms with Gasteiger partial charge in [-0.05, 0) is 56.7 Å². The maximum absolute atomic E-state index is 13.1. The van der Waals surface area contributed by atoms with Crippen LogP contribution in [0.4, 0.5) is 5.69 Å². The minimum atomic E-state index is -0.808. The van der Waals surface area contributed by atoms with Crippen molar-refractivity contribution in [3.05, 3.63) is 23.8 Å². The molecule has 1 aromatic rings. The molecule has 0 heterocycles. The van der Waals surface area contributed by atoms with Gasteiger partial charge in [0.1, 0.15) is 16.9 Å². The molecule has 0 bridgehead atoms. The summed E-state index contributed by atoms with van der Waals surface area (Å²) in [6.45, 7) is 7.02. The van der Waals surface area contributed by atoms with Crippen LogP contribution in [-0.4, -0.2) is 37.8 Å². The van der Waals surface area contributed by atoms with E-state index in [4.69, 9.17) is 14.2 Å². The van der Waals surface area contributed by atoms with Crippen molar-refractivity contribution in [3.8, 4) is 5.75 Å². The average Bonchev–Trinajstić information content (AvgIpc) is 2.67. The fourth-order valence-corrected chi connectivity index (χ4v) is 3.61. The molecule has 1 saturated carbocycles. The SMILES string of the molecule is CCCO[C@]1(C(=O)Nc2ccc(OCC)c(C(=O)OC)c2)CCC[C@H](C)C1. The number of methoxy groups -OCH3 is 1. The lowest BCUT2D eigenvalue weighted by atomic mass is 9.78. The molecule has 1 amide bonds. The molecule has 27 heavy (non-hydrogen) atoms. The maximum Gasteiger partial charge on any atom is 0.341 e. The fraction of sp³-hybridized carbons (Fsp3) is 0.619. The van der Waals surface area contributed by atoms with Crippen LogP contribution in [-0.2, 0) is 14.3 Å². The first-order chi connectivity index (χ1) is 13.0. The van der Waals surface area contributed by atoms with Gasteiger partial charge in [-0.15, -0.1) is 0 Å². The number of carbonyl (C=O) groups is 2. The van der Waals surface area contributed by atoms with Gasteiger partial charge in [-0.2, -0.15) is 0 Å². The number of carbonyl (C=O) groups excluding carboxylic acids is 2. The lowest BCUT2D eigenvalue weighted by Crippen LogP contribution is -2.48. The van der Waals surface area contributed by atoms with Crippen LogP contribution in [0.5, 0.6) is 5.75 Å². The Morgan fingerprint density at radius 2 is 2.07 bits per heavy atom. The molecule has 0 aliphatic heterocycles. The molecule has 0 aromatic heterocycles. The summed E-state index contributed by atoms with van der Waals surface area (Å²) >= 11 is 0. The Kier molecular flexibility index (Phi) is 7.66. The van der Waals surface area contributed by atoms with Crippen molar-refractivity contribution in [1.29, 1.82) is 0 Å². The third kappa shape index (κ3) is 5.22. The number of hydrogen-bond donors (Lipinski definition) is 1. The van der Waals surface area contributed by atoms with Crippen LogP contribution >= 0.6 is 0 Å². The predicted molar refractivity (Wildman–Crippen MR) is 104 cm³/mol. The molecule has 0 unspecified atom stereocenters. The quantitative estimate of drug-likeness (QED) is 0.688. The van der Waals surface area contributed by atoms with Crippen molar-refractivity contribution in [2.45, 2.75) is 58.5 Å². The number of hydrogen-bond acceptors (Lipinski definition) is 5. The Balaban J connectivity index is 2.25. The summed E-state index contributed by atoms with van der Waals surface area (Å²) in [7, 11) is 1.32. The van der Waals surface area contributed by atoms with Gasteiger partial charge < -0.3 is 19.5 Å². The van der Waals surface area contributed by atoms with Gasteiger partial charge in [0.25, 0.3) is 5.91 Å². The van der Waals surface area contributed by atoms with E-state index in [1.54, 1.807) is 18.2 Å². The van der Waals surface area contributed by atoms with Crippen molar-refractivity contribution in [1.82, 2.24) is 0 Å². The van der Waals surface area contributed by atoms with E-state index in [2.05, 4.69) is 12.2 Å². The minimum absolute atomic E-state index is 0.150. The van der Waals surface area contributed by atoms with Crippen molar-refractivity contribution in [2.75, 3.05) is 25.6 Å². The lowest BCUT2D eigenvalue weighted by Gasteiger charge is -2.38. The van der Waals surface area contributed by atoms with E-state index in [-0.39, 0.29) is 11.5 Å². The second-order valence-corrected chi connectivity index (χ2v) is 7.13. The van der Waals surface area contributed by atoms with E-state index in [0.29, 0.717) is 43.4 Å². The first kappa shape index (κ1) is 21.2. The first-order valence-corrected chi connectivity index (χ1v) is 9.76. The Labute approximate surface area is 161 Å². The average molecular weight is 377 g/mol. The minimum Gasteiger partial charge on any atom is -0.493 e. The Bertz CT molecular complexity index is 660. The highest BCUT2D eigenvalue weighted by atomic mass is 16.5. The molecular weight excluding hydrogens is 346 g/mol. The molecule has 150 valence electrons. The van der Waals surface area contributed by atoms with Crippen LogP contribution < -0.4 is 10.1 Å². The van der Waals surface area contributed by atoms with Crippen LogP contribution in [0, 0.1) is 5.92 Å². The molecule has 0 radical (unpaired) electrons. The van der Waals surface area contributed by atoms with Gasteiger partial charge in [0.05, 0.1) is 13.7 Å². The van der Waals surface area contributed by atoms with Gasteiger partial charge in [-0.3, -0.25) is 4.79 Å². The molecule has 6 heteroatoms. The van der Waals surface area contributed by atoms with Gasteiger partial charge in [0, 0.05) is 12.3 Å². The number of anilines is 1. The van der Waals surface area contributed by atoms with E-state index >= 15 is 0 Å². The smallest absolute Gasteiger partial charge is 0.341 e. The molecule has 1 aromatic carbocycles. The molecule has 1 fully saturated rings. The molecular formula is C21H31NO5. The normalized spacial score (nSPS) is 22.1. The van der Waals surface area contributed by atoms with Crippen LogP contribution in [0.2, 0.25) is 0 Å². The fourth-order valence-electron chi connectivity index (χ4n) is 3.61. The Morgan fingerprint density at radius 1 is 1.30 bits per heavy atom. The van der Waals surface area contributed by atoms with Gasteiger partial charge in [-0.1, -0.05) is 20.3 Å². The molecule has 2 rings (SSSR count). The standard InChI is InChI=1S/C21H31NO5/c1-5-12-27-21(11-7-8-15(3)14-21)20(24)22-16-9-10-18(26-6-2)17(13-16)19(23)25-4/h9-10,13,15H,5-8,11-12,14H2,1-4H3,(H,22,24)/t15-,21+/m0/s1. The van der Waals surface area contributed by atoms with Gasteiger partial charge in [0.15, 0.2) is 0 Å². The zero-order valence-corrected chi connectivity index (χ0v) is 16.8. The highest BCUT2D eigenvalue weighted by Crippen LogP contribution is 2.36. The molecule has 2 atom stereocenters. The van der Waals surface area contributed by atoms with Gasteiger partial charge in [0.2, 0.25) is 0 Å². The van der Waals surface area contributed by atoms with E-state index in [1.165, 1.54) is 7.11 Å². The summed E-state index contributed by atoms with van der Waals surface area (Å²) in [6, 6.07) is 5.00. The van der Waals surface area contributed by atoms with Crippen LogP contribution in [0.1, 0.15) is 63.2 Å². The van der Waals surface area contributed by atoms with Crippen molar-refractivity contribution in [3.63, 3.8) is 0 Å². The summed E-state index contributed by atoms with van der Waals surface area (Å²) < 4.78 is 16.4. The number of amides is 1. The lowest BCUT2D eigenvalue weighted by molar-refractivity contribution is -0.148. The van der Waals surface area contributed by atoms with Gasteiger partial charge in [-0.25, -0.2) is 4.79 Å². The van der Waals surface area contributed by atoms with E-state index < -0.39 is 11.6 Å². The second kappa shape index (κ2) is 9.74. The third-order valence-corrected chi connectivity index (χ3v) is 4.89. The van der Waals surface area contributed by atoms with Crippen molar-refractivity contribution in [2.24, 2.45) is 5.92 Å². The molecule has 1 aliphatic rings.